The van der Waals surface area contributed by atoms with Crippen molar-refractivity contribution < 1.29 is 9.21 Å². The maximum Gasteiger partial charge on any atom is 0.255 e. The Bertz CT molecular complexity index is 1440. The van der Waals surface area contributed by atoms with E-state index in [2.05, 4.69) is 43.4 Å². The molecule has 0 aliphatic carbocycles. The van der Waals surface area contributed by atoms with Crippen molar-refractivity contribution in [1.82, 2.24) is 4.98 Å². The molecule has 1 N–H and O–H groups in total. The second kappa shape index (κ2) is 9.36. The molecule has 0 saturated carbocycles. The van der Waals surface area contributed by atoms with Gasteiger partial charge in [0.1, 0.15) is 5.52 Å². The molecule has 168 valence electrons. The number of hydrogen-bond acceptors (Lipinski definition) is 3. The lowest BCUT2D eigenvalue weighted by molar-refractivity contribution is 0.102. The van der Waals surface area contributed by atoms with Gasteiger partial charge in [-0.2, -0.15) is 0 Å². The molecule has 0 aliphatic heterocycles. The molecule has 0 spiro atoms. The second-order valence-electron chi connectivity index (χ2n) is 8.53. The van der Waals surface area contributed by atoms with Gasteiger partial charge < -0.3 is 9.73 Å². The van der Waals surface area contributed by atoms with Crippen molar-refractivity contribution in [3.8, 4) is 22.6 Å². The lowest BCUT2D eigenvalue weighted by Gasteiger charge is -2.07. The Labute approximate surface area is 199 Å². The average molecular weight is 447 g/mol. The van der Waals surface area contributed by atoms with E-state index in [1.807, 2.05) is 72.8 Å². The SMILES string of the molecule is CC[C@@H](C)c1ccc2oc(-c3cccc(NC(=O)c4ccc(-c5ccccc5)cc4)c3)nc2c1. The Kier molecular flexibility index (Phi) is 5.96. The summed E-state index contributed by atoms with van der Waals surface area (Å²) in [4.78, 5) is 17.5. The summed E-state index contributed by atoms with van der Waals surface area (Å²) in [5, 5.41) is 2.98. The van der Waals surface area contributed by atoms with Gasteiger partial charge in [0.05, 0.1) is 0 Å². The Morgan fingerprint density at radius 3 is 2.35 bits per heavy atom. The second-order valence-corrected chi connectivity index (χ2v) is 8.53. The van der Waals surface area contributed by atoms with E-state index in [4.69, 9.17) is 9.40 Å². The lowest BCUT2D eigenvalue weighted by atomic mass is 9.98. The minimum atomic E-state index is -0.160. The standard InChI is InChI=1S/C30H26N2O2/c1-3-20(2)24-16-17-28-27(19-24)32-30(34-28)25-10-7-11-26(18-25)31-29(33)23-14-12-22(13-15-23)21-8-5-4-6-9-21/h4-20H,3H2,1-2H3,(H,31,33)/t20-/m1/s1. The van der Waals surface area contributed by atoms with Crippen molar-refractivity contribution in [2.75, 3.05) is 5.32 Å². The molecule has 5 aromatic rings. The van der Waals surface area contributed by atoms with Gasteiger partial charge in [-0.15, -0.1) is 0 Å². The van der Waals surface area contributed by atoms with Crippen LogP contribution in [0.4, 0.5) is 5.69 Å². The van der Waals surface area contributed by atoms with E-state index in [0.29, 0.717) is 23.1 Å². The number of carbonyl (C=O) groups excluding carboxylic acids is 1. The molecule has 34 heavy (non-hydrogen) atoms. The quantitative estimate of drug-likeness (QED) is 0.288. The molecular formula is C30H26N2O2. The third-order valence-electron chi connectivity index (χ3n) is 6.21. The summed E-state index contributed by atoms with van der Waals surface area (Å²) in [6.07, 6.45) is 1.08. The molecule has 4 heteroatoms. The molecule has 0 bridgehead atoms. The predicted octanol–water partition coefficient (Wildman–Crippen LogP) is 7.93. The molecule has 5 rings (SSSR count). The Morgan fingerprint density at radius 2 is 1.59 bits per heavy atom. The maximum absolute atomic E-state index is 12.8. The number of hydrogen-bond donors (Lipinski definition) is 1. The van der Waals surface area contributed by atoms with Crippen LogP contribution in [0.1, 0.15) is 42.1 Å². The Morgan fingerprint density at radius 1 is 0.853 bits per heavy atom. The van der Waals surface area contributed by atoms with Crippen LogP contribution in [0.25, 0.3) is 33.7 Å². The largest absolute Gasteiger partial charge is 0.436 e. The van der Waals surface area contributed by atoms with Gasteiger partial charge in [-0.05, 0) is 71.5 Å². The topological polar surface area (TPSA) is 55.1 Å². The molecular weight excluding hydrogens is 420 g/mol. The molecule has 0 fully saturated rings. The van der Waals surface area contributed by atoms with Crippen LogP contribution in [0.15, 0.2) is 101 Å². The number of anilines is 1. The summed E-state index contributed by atoms with van der Waals surface area (Å²) in [5.74, 6) is 0.858. The highest BCUT2D eigenvalue weighted by atomic mass is 16.3. The van der Waals surface area contributed by atoms with E-state index in [-0.39, 0.29) is 5.91 Å². The highest BCUT2D eigenvalue weighted by molar-refractivity contribution is 6.04. The van der Waals surface area contributed by atoms with Gasteiger partial charge in [-0.1, -0.05) is 68.4 Å². The molecule has 1 atom stereocenters. The number of carbonyl (C=O) groups is 1. The maximum atomic E-state index is 12.8. The fourth-order valence-electron chi connectivity index (χ4n) is 3.99. The van der Waals surface area contributed by atoms with Crippen LogP contribution in [0.5, 0.6) is 0 Å². The zero-order valence-corrected chi connectivity index (χ0v) is 19.3. The summed E-state index contributed by atoms with van der Waals surface area (Å²) in [6, 6.07) is 31.5. The first-order valence-corrected chi connectivity index (χ1v) is 11.6. The highest BCUT2D eigenvalue weighted by Gasteiger charge is 2.13. The minimum absolute atomic E-state index is 0.160. The summed E-state index contributed by atoms with van der Waals surface area (Å²) in [5.41, 5.74) is 7.17. The van der Waals surface area contributed by atoms with E-state index < -0.39 is 0 Å². The monoisotopic (exact) mass is 446 g/mol. The predicted molar refractivity (Wildman–Crippen MR) is 138 cm³/mol. The fraction of sp³-hybridized carbons (Fsp3) is 0.133. The molecule has 0 unspecified atom stereocenters. The zero-order valence-electron chi connectivity index (χ0n) is 19.3. The van der Waals surface area contributed by atoms with E-state index in [0.717, 1.165) is 34.2 Å². The van der Waals surface area contributed by atoms with Gasteiger partial charge >= 0.3 is 0 Å². The molecule has 1 aromatic heterocycles. The molecule has 0 radical (unpaired) electrons. The van der Waals surface area contributed by atoms with Crippen molar-refractivity contribution in [1.29, 1.82) is 0 Å². The van der Waals surface area contributed by atoms with Gasteiger partial charge in [-0.3, -0.25) is 4.79 Å². The summed E-state index contributed by atoms with van der Waals surface area (Å²) in [6.45, 7) is 4.39. The molecule has 4 nitrogen and oxygen atoms in total. The number of oxazole rings is 1. The molecule has 0 saturated heterocycles. The summed E-state index contributed by atoms with van der Waals surface area (Å²) < 4.78 is 6.00. The van der Waals surface area contributed by atoms with E-state index in [1.54, 1.807) is 0 Å². The Balaban J connectivity index is 1.34. The van der Waals surface area contributed by atoms with Crippen LogP contribution in [0, 0.1) is 0 Å². The van der Waals surface area contributed by atoms with Crippen molar-refractivity contribution in [3.63, 3.8) is 0 Å². The normalized spacial score (nSPS) is 11.9. The number of nitrogens with one attached hydrogen (secondary N) is 1. The van der Waals surface area contributed by atoms with Crippen LogP contribution in [0.3, 0.4) is 0 Å². The summed E-state index contributed by atoms with van der Waals surface area (Å²) >= 11 is 0. The third kappa shape index (κ3) is 4.48. The van der Waals surface area contributed by atoms with Gasteiger partial charge in [0, 0.05) is 16.8 Å². The smallest absolute Gasteiger partial charge is 0.255 e. The number of benzene rings is 4. The molecule has 1 heterocycles. The van der Waals surface area contributed by atoms with Gasteiger partial charge in [-0.25, -0.2) is 4.98 Å². The first-order valence-electron chi connectivity index (χ1n) is 11.6. The number of rotatable bonds is 6. The first kappa shape index (κ1) is 21.7. The molecule has 0 aliphatic rings. The van der Waals surface area contributed by atoms with Crippen LogP contribution >= 0.6 is 0 Å². The van der Waals surface area contributed by atoms with Gasteiger partial charge in [0.15, 0.2) is 5.58 Å². The third-order valence-corrected chi connectivity index (χ3v) is 6.21. The lowest BCUT2D eigenvalue weighted by Crippen LogP contribution is -2.11. The van der Waals surface area contributed by atoms with E-state index in [1.165, 1.54) is 5.56 Å². The van der Waals surface area contributed by atoms with Crippen molar-refractivity contribution in [3.05, 3.63) is 108 Å². The summed E-state index contributed by atoms with van der Waals surface area (Å²) in [7, 11) is 0. The average Bonchev–Trinajstić information content (AvgIpc) is 3.32. The van der Waals surface area contributed by atoms with Crippen LogP contribution in [0.2, 0.25) is 0 Å². The van der Waals surface area contributed by atoms with E-state index in [9.17, 15) is 4.79 Å². The number of nitrogens with zero attached hydrogens (tertiary/aromatic N) is 1. The fourth-order valence-corrected chi connectivity index (χ4v) is 3.99. The van der Waals surface area contributed by atoms with Gasteiger partial charge in [0.2, 0.25) is 5.89 Å². The number of amides is 1. The van der Waals surface area contributed by atoms with E-state index >= 15 is 0 Å². The Hall–Kier alpha value is -4.18. The van der Waals surface area contributed by atoms with Crippen molar-refractivity contribution in [2.24, 2.45) is 0 Å². The number of aromatic nitrogens is 1. The van der Waals surface area contributed by atoms with Crippen molar-refractivity contribution >= 4 is 22.7 Å². The van der Waals surface area contributed by atoms with Crippen LogP contribution < -0.4 is 5.32 Å². The zero-order chi connectivity index (χ0) is 23.5. The first-order chi connectivity index (χ1) is 16.6. The van der Waals surface area contributed by atoms with Crippen LogP contribution in [-0.4, -0.2) is 10.9 Å². The minimum Gasteiger partial charge on any atom is -0.436 e. The molecule has 1 amide bonds. The molecule has 4 aromatic carbocycles. The van der Waals surface area contributed by atoms with Gasteiger partial charge in [0.25, 0.3) is 5.91 Å². The van der Waals surface area contributed by atoms with Crippen molar-refractivity contribution in [2.45, 2.75) is 26.2 Å². The highest BCUT2D eigenvalue weighted by Crippen LogP contribution is 2.29. The van der Waals surface area contributed by atoms with Crippen LogP contribution in [-0.2, 0) is 0 Å². The number of fused-ring (bicyclic) bond motifs is 1.